The van der Waals surface area contributed by atoms with E-state index in [1.165, 1.54) is 379 Å². The van der Waals surface area contributed by atoms with Crippen molar-refractivity contribution < 1.29 is 15.0 Å². The van der Waals surface area contributed by atoms with Crippen molar-refractivity contribution in [3.05, 3.63) is 0 Å². The molecule has 0 fully saturated rings. The van der Waals surface area contributed by atoms with Crippen molar-refractivity contribution in [2.45, 2.75) is 443 Å². The number of nitrogens with one attached hydrogen (secondary N) is 1. The lowest BCUT2D eigenvalue weighted by atomic mass is 10.0. The molecule has 0 aliphatic rings. The highest BCUT2D eigenvalue weighted by Crippen LogP contribution is 2.20. The molecule has 2 unspecified atom stereocenters. The fourth-order valence-electron chi connectivity index (χ4n) is 12.0. The van der Waals surface area contributed by atoms with Gasteiger partial charge in [0.2, 0.25) is 5.91 Å². The fourth-order valence-corrected chi connectivity index (χ4v) is 12.0. The van der Waals surface area contributed by atoms with Gasteiger partial charge in [-0.25, -0.2) is 0 Å². The predicted molar refractivity (Wildman–Crippen MR) is 336 cm³/mol. The third kappa shape index (κ3) is 64.1. The molecule has 0 aromatic carbocycles. The number of unbranched alkanes of at least 4 members (excludes halogenated alkanes) is 61. The second kappa shape index (κ2) is 67.7. The van der Waals surface area contributed by atoms with Crippen molar-refractivity contribution in [3.8, 4) is 0 Å². The highest BCUT2D eigenvalue weighted by atomic mass is 16.3. The summed E-state index contributed by atoms with van der Waals surface area (Å²) in [6.07, 6.45) is 88.9. The Kier molecular flexibility index (Phi) is 67.1. The zero-order chi connectivity index (χ0) is 54.1. The molecule has 0 radical (unpaired) electrons. The van der Waals surface area contributed by atoms with Crippen molar-refractivity contribution in [3.63, 3.8) is 0 Å². The molecular weight excluding hydrogens is 915 g/mol. The lowest BCUT2D eigenvalue weighted by Gasteiger charge is -2.22. The van der Waals surface area contributed by atoms with Crippen molar-refractivity contribution in [2.24, 2.45) is 0 Å². The van der Waals surface area contributed by atoms with E-state index in [0.717, 1.165) is 25.7 Å². The first-order valence-corrected chi connectivity index (χ1v) is 35.7. The number of aliphatic hydroxyl groups is 2. The Morgan fingerprint density at radius 2 is 0.427 bits per heavy atom. The molecule has 0 saturated heterocycles. The van der Waals surface area contributed by atoms with Crippen molar-refractivity contribution in [1.29, 1.82) is 0 Å². The lowest BCUT2D eigenvalue weighted by Crippen LogP contribution is -2.45. The molecule has 3 N–H and O–H groups in total. The maximum atomic E-state index is 12.6. The van der Waals surface area contributed by atoms with E-state index in [4.69, 9.17) is 0 Å². The summed E-state index contributed by atoms with van der Waals surface area (Å²) in [4.78, 5) is 12.6. The minimum Gasteiger partial charge on any atom is -0.394 e. The van der Waals surface area contributed by atoms with Gasteiger partial charge < -0.3 is 15.5 Å². The van der Waals surface area contributed by atoms with Gasteiger partial charge in [0, 0.05) is 6.42 Å². The fraction of sp³-hybridized carbons (Fsp3) is 0.986. The number of rotatable bonds is 68. The van der Waals surface area contributed by atoms with Crippen molar-refractivity contribution in [1.82, 2.24) is 5.32 Å². The van der Waals surface area contributed by atoms with Crippen LogP contribution in [0.4, 0.5) is 0 Å². The number of carbonyl (C=O) groups excluding carboxylic acids is 1. The Bertz CT molecular complexity index is 1020. The minimum atomic E-state index is -0.657. The first kappa shape index (κ1) is 74.4. The van der Waals surface area contributed by atoms with Crippen LogP contribution in [0.1, 0.15) is 431 Å². The van der Waals surface area contributed by atoms with Gasteiger partial charge in [0.1, 0.15) is 0 Å². The molecule has 0 saturated carbocycles. The smallest absolute Gasteiger partial charge is 0.220 e. The quantitative estimate of drug-likeness (QED) is 0.0532. The van der Waals surface area contributed by atoms with Gasteiger partial charge >= 0.3 is 0 Å². The largest absolute Gasteiger partial charge is 0.394 e. The Morgan fingerprint density at radius 3 is 0.600 bits per heavy atom. The van der Waals surface area contributed by atoms with Crippen LogP contribution in [0.3, 0.4) is 0 Å². The van der Waals surface area contributed by atoms with Crippen LogP contribution in [-0.4, -0.2) is 34.9 Å². The Hall–Kier alpha value is -0.610. The van der Waals surface area contributed by atoms with Gasteiger partial charge in [0.05, 0.1) is 18.8 Å². The summed E-state index contributed by atoms with van der Waals surface area (Å²) in [6.45, 7) is 4.42. The minimum absolute atomic E-state index is 0.0189. The molecule has 75 heavy (non-hydrogen) atoms. The zero-order valence-electron chi connectivity index (χ0n) is 52.1. The van der Waals surface area contributed by atoms with Crippen LogP contribution in [0.5, 0.6) is 0 Å². The molecule has 4 heteroatoms. The number of carbonyl (C=O) groups is 1. The van der Waals surface area contributed by atoms with Gasteiger partial charge in [-0.3, -0.25) is 4.79 Å². The SMILES string of the molecule is CCCCCCCCCCCCCCCCCCCCCCCCCCCCCCCCCCCCCC(=O)NC(CO)C(O)CCCCCCCCCCCCCCCCCCCCCCCCCCCCCC. The van der Waals surface area contributed by atoms with Crippen LogP contribution in [0.25, 0.3) is 0 Å². The van der Waals surface area contributed by atoms with E-state index in [1.807, 2.05) is 0 Å². The summed E-state index contributed by atoms with van der Waals surface area (Å²) in [7, 11) is 0. The average molecular weight is 1060 g/mol. The van der Waals surface area contributed by atoms with Crippen LogP contribution in [0.15, 0.2) is 0 Å². The molecule has 0 aliphatic heterocycles. The molecule has 0 heterocycles. The maximum absolute atomic E-state index is 12.6. The molecular formula is C71H143NO3. The van der Waals surface area contributed by atoms with Crippen molar-refractivity contribution >= 4 is 5.91 Å². The van der Waals surface area contributed by atoms with E-state index in [9.17, 15) is 15.0 Å². The molecule has 0 spiro atoms. The summed E-state index contributed by atoms with van der Waals surface area (Å²) in [5.74, 6) is -0.0189. The Labute approximate surface area is 474 Å². The van der Waals surface area contributed by atoms with E-state index < -0.39 is 12.1 Å². The summed E-state index contributed by atoms with van der Waals surface area (Å²) in [5.41, 5.74) is 0. The zero-order valence-corrected chi connectivity index (χ0v) is 52.1. The molecule has 0 aliphatic carbocycles. The van der Waals surface area contributed by atoms with E-state index >= 15 is 0 Å². The second-order valence-electron chi connectivity index (χ2n) is 25.0. The lowest BCUT2D eigenvalue weighted by molar-refractivity contribution is -0.123. The van der Waals surface area contributed by atoms with E-state index in [0.29, 0.717) is 12.8 Å². The number of hydrogen-bond acceptors (Lipinski definition) is 3. The van der Waals surface area contributed by atoms with Crippen LogP contribution < -0.4 is 5.32 Å². The number of aliphatic hydroxyl groups excluding tert-OH is 2. The highest BCUT2D eigenvalue weighted by molar-refractivity contribution is 5.76. The van der Waals surface area contributed by atoms with E-state index in [-0.39, 0.29) is 12.5 Å². The van der Waals surface area contributed by atoms with Gasteiger partial charge in [-0.05, 0) is 12.8 Å². The molecule has 1 amide bonds. The molecule has 450 valence electrons. The van der Waals surface area contributed by atoms with Gasteiger partial charge in [-0.15, -0.1) is 0 Å². The standard InChI is InChI=1S/C71H143NO3/c1-3-5-7-9-11-13-15-17-19-21-23-25-27-29-31-33-34-35-36-37-38-39-41-43-45-47-49-51-53-55-57-59-61-63-65-67-71(75)72-69(68-73)70(74)66-64-62-60-58-56-54-52-50-48-46-44-42-40-32-30-28-26-24-22-20-18-16-14-12-10-8-6-4-2/h69-70,73-74H,3-68H2,1-2H3,(H,72,75). The third-order valence-electron chi connectivity index (χ3n) is 17.4. The molecule has 2 atom stereocenters. The van der Waals surface area contributed by atoms with Crippen LogP contribution in [0.2, 0.25) is 0 Å². The summed E-state index contributed by atoms with van der Waals surface area (Å²) < 4.78 is 0. The first-order valence-electron chi connectivity index (χ1n) is 35.7. The number of amides is 1. The second-order valence-corrected chi connectivity index (χ2v) is 25.0. The van der Waals surface area contributed by atoms with Gasteiger partial charge in [-0.1, -0.05) is 412 Å². The average Bonchev–Trinajstić information content (AvgIpc) is 3.41. The van der Waals surface area contributed by atoms with E-state index in [2.05, 4.69) is 19.2 Å². The van der Waals surface area contributed by atoms with Gasteiger partial charge in [0.15, 0.2) is 0 Å². The first-order chi connectivity index (χ1) is 37.2. The normalized spacial score (nSPS) is 12.5. The molecule has 0 aromatic heterocycles. The Morgan fingerprint density at radius 1 is 0.267 bits per heavy atom. The van der Waals surface area contributed by atoms with Crippen LogP contribution in [0, 0.1) is 0 Å². The Balaban J connectivity index is 3.34. The molecule has 0 aromatic rings. The predicted octanol–water partition coefficient (Wildman–Crippen LogP) is 24.2. The highest BCUT2D eigenvalue weighted by Gasteiger charge is 2.20. The molecule has 0 bridgehead atoms. The van der Waals surface area contributed by atoms with Gasteiger partial charge in [0.25, 0.3) is 0 Å². The molecule has 4 nitrogen and oxygen atoms in total. The van der Waals surface area contributed by atoms with Crippen LogP contribution >= 0.6 is 0 Å². The van der Waals surface area contributed by atoms with E-state index in [1.54, 1.807) is 0 Å². The summed E-state index contributed by atoms with van der Waals surface area (Å²) >= 11 is 0. The van der Waals surface area contributed by atoms with Crippen molar-refractivity contribution in [2.75, 3.05) is 6.61 Å². The molecule has 0 rings (SSSR count). The van der Waals surface area contributed by atoms with Gasteiger partial charge in [-0.2, -0.15) is 0 Å². The summed E-state index contributed by atoms with van der Waals surface area (Å²) in [5, 5.41) is 23.5. The number of hydrogen-bond donors (Lipinski definition) is 3. The maximum Gasteiger partial charge on any atom is 0.220 e. The van der Waals surface area contributed by atoms with Crippen LogP contribution in [-0.2, 0) is 4.79 Å². The summed E-state index contributed by atoms with van der Waals surface area (Å²) in [6, 6.07) is -0.533. The third-order valence-corrected chi connectivity index (χ3v) is 17.4. The monoisotopic (exact) mass is 1060 g/mol. The topological polar surface area (TPSA) is 69.6 Å².